The van der Waals surface area contributed by atoms with Gasteiger partial charge in [0.15, 0.2) is 5.76 Å². The first kappa shape index (κ1) is 17.0. The number of aromatic nitrogens is 1. The highest BCUT2D eigenvalue weighted by Crippen LogP contribution is 2.29. The van der Waals surface area contributed by atoms with E-state index in [0.717, 1.165) is 6.54 Å². The summed E-state index contributed by atoms with van der Waals surface area (Å²) in [4.78, 5) is 17.5. The van der Waals surface area contributed by atoms with Crippen LogP contribution in [0.2, 0.25) is 5.02 Å². The third-order valence-electron chi connectivity index (χ3n) is 4.57. The number of hydrogen-bond acceptors (Lipinski definition) is 5. The van der Waals surface area contributed by atoms with Crippen LogP contribution in [0.5, 0.6) is 0 Å². The van der Waals surface area contributed by atoms with Gasteiger partial charge in [-0.2, -0.15) is 0 Å². The number of para-hydroxylation sites is 1. The molecule has 0 unspecified atom stereocenters. The number of furan rings is 1. The predicted molar refractivity (Wildman–Crippen MR) is 99.2 cm³/mol. The van der Waals surface area contributed by atoms with Gasteiger partial charge in [-0.15, -0.1) is 0 Å². The molecule has 1 aliphatic rings. The summed E-state index contributed by atoms with van der Waals surface area (Å²) in [6.07, 6.45) is 1.59. The fourth-order valence-electron chi connectivity index (χ4n) is 3.19. The number of amides is 1. The van der Waals surface area contributed by atoms with Crippen molar-refractivity contribution in [3.05, 3.63) is 53.2 Å². The molecule has 2 aromatic heterocycles. The quantitative estimate of drug-likeness (QED) is 0.658. The van der Waals surface area contributed by atoms with Crippen LogP contribution in [0.3, 0.4) is 0 Å². The predicted octanol–water partition coefficient (Wildman–Crippen LogP) is 2.60. The Labute approximate surface area is 155 Å². The summed E-state index contributed by atoms with van der Waals surface area (Å²) < 4.78 is 5.42. The number of carbonyl (C=O) groups is 1. The number of fused-ring (bicyclic) bond motifs is 1. The molecule has 1 aromatic carbocycles. The van der Waals surface area contributed by atoms with Crippen LogP contribution in [-0.2, 0) is 0 Å². The Morgan fingerprint density at radius 2 is 2.23 bits per heavy atom. The van der Waals surface area contributed by atoms with Crippen LogP contribution in [0.1, 0.15) is 16.8 Å². The average molecular weight is 372 g/mol. The summed E-state index contributed by atoms with van der Waals surface area (Å²) in [5.74, 6) is 0.278. The van der Waals surface area contributed by atoms with E-state index in [2.05, 4.69) is 15.6 Å². The van der Waals surface area contributed by atoms with Crippen molar-refractivity contribution in [3.8, 4) is 11.5 Å². The minimum Gasteiger partial charge on any atom is -0.463 e. The Balaban J connectivity index is 1.77. The van der Waals surface area contributed by atoms with Gasteiger partial charge in [-0.3, -0.25) is 4.79 Å². The Hall–Kier alpha value is -2.41. The molecule has 0 spiro atoms. The summed E-state index contributed by atoms with van der Waals surface area (Å²) in [5, 5.41) is 17.3. The van der Waals surface area contributed by atoms with Crippen LogP contribution in [0, 0.1) is 0 Å². The highest BCUT2D eigenvalue weighted by molar-refractivity contribution is 6.35. The molecule has 1 saturated heterocycles. The molecule has 6 nitrogen and oxygen atoms in total. The van der Waals surface area contributed by atoms with Crippen molar-refractivity contribution in [3.63, 3.8) is 0 Å². The summed E-state index contributed by atoms with van der Waals surface area (Å²) in [5.41, 5.74) is 1.51. The number of hydrogen-bond donors (Lipinski definition) is 3. The van der Waals surface area contributed by atoms with Crippen LogP contribution >= 0.6 is 11.6 Å². The van der Waals surface area contributed by atoms with E-state index in [-0.39, 0.29) is 11.9 Å². The molecular weight excluding hydrogens is 354 g/mol. The summed E-state index contributed by atoms with van der Waals surface area (Å²) in [6.45, 7) is 1.27. The molecular formula is C19H18ClN3O3. The van der Waals surface area contributed by atoms with Crippen LogP contribution in [-0.4, -0.2) is 41.2 Å². The maximum atomic E-state index is 13.0. The number of nitrogens with zero attached hydrogens (tertiary/aromatic N) is 1. The Kier molecular flexibility index (Phi) is 4.63. The van der Waals surface area contributed by atoms with Crippen LogP contribution in [0.4, 0.5) is 0 Å². The van der Waals surface area contributed by atoms with Crippen molar-refractivity contribution in [1.29, 1.82) is 0 Å². The zero-order chi connectivity index (χ0) is 18.1. The number of nitrogens with one attached hydrogen (secondary N) is 2. The van der Waals surface area contributed by atoms with E-state index in [1.807, 2.05) is 6.07 Å². The molecule has 1 fully saturated rings. The monoisotopic (exact) mass is 371 g/mol. The molecule has 4 rings (SSSR count). The zero-order valence-corrected chi connectivity index (χ0v) is 14.7. The molecule has 1 amide bonds. The van der Waals surface area contributed by atoms with Gasteiger partial charge in [0.1, 0.15) is 5.69 Å². The van der Waals surface area contributed by atoms with Crippen molar-refractivity contribution >= 4 is 28.4 Å². The number of piperidine rings is 1. The lowest BCUT2D eigenvalue weighted by atomic mass is 10.0. The minimum absolute atomic E-state index is 0.278. The van der Waals surface area contributed by atoms with Crippen molar-refractivity contribution in [2.75, 3.05) is 13.1 Å². The summed E-state index contributed by atoms with van der Waals surface area (Å²) >= 11 is 6.31. The fourth-order valence-corrected chi connectivity index (χ4v) is 3.41. The molecule has 2 atom stereocenters. The second-order valence-electron chi connectivity index (χ2n) is 6.31. The molecule has 134 valence electrons. The molecule has 0 bridgehead atoms. The number of aliphatic hydroxyl groups excluding tert-OH is 1. The standard InChI is InChI=1S/C19H18ClN3O3/c20-13-4-1-3-11-12(19(25)23-15-10-21-7-6-16(15)24)9-14(22-18(11)13)17-5-2-8-26-17/h1-5,8-9,15-16,21,24H,6-7,10H2,(H,23,25)/t15-,16-/m1/s1. The largest absolute Gasteiger partial charge is 0.463 e. The van der Waals surface area contributed by atoms with Crippen molar-refractivity contribution in [2.24, 2.45) is 0 Å². The fraction of sp³-hybridized carbons (Fsp3) is 0.263. The van der Waals surface area contributed by atoms with Gasteiger partial charge in [0.25, 0.3) is 5.91 Å². The first-order chi connectivity index (χ1) is 12.6. The maximum Gasteiger partial charge on any atom is 0.252 e. The molecule has 0 radical (unpaired) electrons. The van der Waals surface area contributed by atoms with E-state index in [0.29, 0.717) is 45.9 Å². The van der Waals surface area contributed by atoms with Crippen molar-refractivity contribution < 1.29 is 14.3 Å². The topological polar surface area (TPSA) is 87.4 Å². The lowest BCUT2D eigenvalue weighted by molar-refractivity contribution is 0.0756. The number of benzene rings is 1. The van der Waals surface area contributed by atoms with Crippen LogP contribution in [0.15, 0.2) is 47.1 Å². The molecule has 3 heterocycles. The van der Waals surface area contributed by atoms with Gasteiger partial charge in [0.2, 0.25) is 0 Å². The Morgan fingerprint density at radius 1 is 1.35 bits per heavy atom. The Bertz CT molecular complexity index is 943. The minimum atomic E-state index is -0.568. The van der Waals surface area contributed by atoms with Gasteiger partial charge in [-0.05, 0) is 37.2 Å². The van der Waals surface area contributed by atoms with E-state index in [4.69, 9.17) is 16.0 Å². The number of pyridine rings is 1. The van der Waals surface area contributed by atoms with Crippen LogP contribution < -0.4 is 10.6 Å². The van der Waals surface area contributed by atoms with E-state index in [1.165, 1.54) is 0 Å². The van der Waals surface area contributed by atoms with Gasteiger partial charge in [0, 0.05) is 11.9 Å². The van der Waals surface area contributed by atoms with Gasteiger partial charge < -0.3 is 20.2 Å². The average Bonchev–Trinajstić information content (AvgIpc) is 3.18. The lowest BCUT2D eigenvalue weighted by Gasteiger charge is -2.29. The maximum absolute atomic E-state index is 13.0. The smallest absolute Gasteiger partial charge is 0.252 e. The van der Waals surface area contributed by atoms with Crippen molar-refractivity contribution in [2.45, 2.75) is 18.6 Å². The second kappa shape index (κ2) is 7.07. The van der Waals surface area contributed by atoms with E-state index in [9.17, 15) is 9.90 Å². The normalized spacial score (nSPS) is 20.2. The SMILES string of the molecule is O=C(N[C@@H]1CNCC[C@H]1O)c1cc(-c2ccco2)nc2c(Cl)cccc12. The van der Waals surface area contributed by atoms with E-state index < -0.39 is 6.10 Å². The molecule has 1 aliphatic heterocycles. The molecule has 0 saturated carbocycles. The Morgan fingerprint density at radius 3 is 3.00 bits per heavy atom. The van der Waals surface area contributed by atoms with E-state index in [1.54, 1.807) is 36.6 Å². The second-order valence-corrected chi connectivity index (χ2v) is 6.72. The highest BCUT2D eigenvalue weighted by atomic mass is 35.5. The zero-order valence-electron chi connectivity index (χ0n) is 13.9. The van der Waals surface area contributed by atoms with Crippen molar-refractivity contribution in [1.82, 2.24) is 15.6 Å². The van der Waals surface area contributed by atoms with Gasteiger partial charge in [-0.1, -0.05) is 23.7 Å². The third-order valence-corrected chi connectivity index (χ3v) is 4.88. The number of halogens is 1. The number of rotatable bonds is 3. The summed E-state index contributed by atoms with van der Waals surface area (Å²) in [7, 11) is 0. The summed E-state index contributed by atoms with van der Waals surface area (Å²) in [6, 6.07) is 10.2. The highest BCUT2D eigenvalue weighted by Gasteiger charge is 2.26. The van der Waals surface area contributed by atoms with Gasteiger partial charge in [-0.25, -0.2) is 4.98 Å². The third kappa shape index (κ3) is 3.19. The van der Waals surface area contributed by atoms with Crippen LogP contribution in [0.25, 0.3) is 22.4 Å². The molecule has 7 heteroatoms. The molecule has 0 aliphatic carbocycles. The lowest BCUT2D eigenvalue weighted by Crippen LogP contribution is -2.53. The van der Waals surface area contributed by atoms with Gasteiger partial charge >= 0.3 is 0 Å². The van der Waals surface area contributed by atoms with Gasteiger partial charge in [0.05, 0.1) is 34.5 Å². The first-order valence-electron chi connectivity index (χ1n) is 8.46. The number of aliphatic hydroxyl groups is 1. The number of carbonyl (C=O) groups excluding carboxylic acids is 1. The van der Waals surface area contributed by atoms with E-state index >= 15 is 0 Å². The first-order valence-corrected chi connectivity index (χ1v) is 8.84. The molecule has 3 aromatic rings. The molecule has 3 N–H and O–H groups in total. The molecule has 26 heavy (non-hydrogen) atoms.